The summed E-state index contributed by atoms with van der Waals surface area (Å²) >= 11 is 0. The van der Waals surface area contributed by atoms with Gasteiger partial charge in [-0.2, -0.15) is 0 Å². The van der Waals surface area contributed by atoms with Gasteiger partial charge in [0.15, 0.2) is 5.85 Å². The average molecular weight is 585 g/mol. The molecule has 0 saturated heterocycles. The van der Waals surface area contributed by atoms with Crippen molar-refractivity contribution in [2.75, 3.05) is 26.8 Å². The first-order valence-corrected chi connectivity index (χ1v) is 15.7. The fourth-order valence-corrected chi connectivity index (χ4v) is 6.69. The molecule has 1 saturated carbocycles. The van der Waals surface area contributed by atoms with E-state index in [4.69, 9.17) is 9.05 Å². The zero-order valence-electron chi connectivity index (χ0n) is 23.8. The molecule has 12 nitrogen and oxygen atoms in total. The average Bonchev–Trinajstić information content (AvgIpc) is 2.94. The van der Waals surface area contributed by atoms with Crippen molar-refractivity contribution in [2.24, 2.45) is 5.92 Å². The Labute approximate surface area is 236 Å². The van der Waals surface area contributed by atoms with Crippen molar-refractivity contribution < 1.29 is 38.2 Å². The lowest BCUT2D eigenvalue weighted by Gasteiger charge is -2.32. The first kappa shape index (κ1) is 33.7. The second kappa shape index (κ2) is 17.3. The van der Waals surface area contributed by atoms with E-state index in [0.29, 0.717) is 19.4 Å². The zero-order chi connectivity index (χ0) is 29.5. The van der Waals surface area contributed by atoms with Gasteiger partial charge in [-0.25, -0.2) is 4.79 Å². The number of carbonyl (C=O) groups excluding carboxylic acids is 2. The maximum atomic E-state index is 13.4. The molecule has 0 spiro atoms. The summed E-state index contributed by atoms with van der Waals surface area (Å²) in [5.74, 6) is -2.46. The lowest BCUT2D eigenvalue weighted by Crippen LogP contribution is -2.53. The molecule has 40 heavy (non-hydrogen) atoms. The molecule has 13 heteroatoms. The predicted molar refractivity (Wildman–Crippen MR) is 150 cm³/mol. The van der Waals surface area contributed by atoms with Crippen LogP contribution in [0.25, 0.3) is 0 Å². The lowest BCUT2D eigenvalue weighted by atomic mass is 9.84. The molecule has 2 rings (SSSR count). The number of hydrogen-bond acceptors (Lipinski definition) is 8. The molecule has 1 aliphatic rings. The highest BCUT2D eigenvalue weighted by molar-refractivity contribution is 7.54. The highest BCUT2D eigenvalue weighted by Gasteiger charge is 2.41. The number of aromatic nitrogens is 1. The summed E-state index contributed by atoms with van der Waals surface area (Å²) in [5, 5.41) is 25.4. The molecule has 0 aromatic carbocycles. The van der Waals surface area contributed by atoms with Crippen LogP contribution in [-0.4, -0.2) is 82.7 Å². The number of nitrogens with zero attached hydrogens (tertiary/aromatic N) is 2. The van der Waals surface area contributed by atoms with Crippen molar-refractivity contribution in [1.29, 1.82) is 0 Å². The molecule has 3 unspecified atom stereocenters. The molecule has 226 valence electrons. The summed E-state index contributed by atoms with van der Waals surface area (Å²) < 4.78 is 24.0. The van der Waals surface area contributed by atoms with E-state index in [0.717, 1.165) is 37.7 Å². The lowest BCUT2D eigenvalue weighted by molar-refractivity contribution is -0.131. The number of aliphatic hydroxyl groups is 1. The van der Waals surface area contributed by atoms with Crippen LogP contribution >= 0.6 is 7.60 Å². The van der Waals surface area contributed by atoms with E-state index in [-0.39, 0.29) is 37.9 Å². The van der Waals surface area contributed by atoms with Gasteiger partial charge in [0.25, 0.3) is 0 Å². The van der Waals surface area contributed by atoms with Gasteiger partial charge < -0.3 is 34.8 Å². The molecule has 1 aliphatic carbocycles. The van der Waals surface area contributed by atoms with Gasteiger partial charge in [-0.1, -0.05) is 32.1 Å². The maximum absolute atomic E-state index is 13.4. The van der Waals surface area contributed by atoms with Crippen LogP contribution in [0.4, 0.5) is 4.79 Å². The summed E-state index contributed by atoms with van der Waals surface area (Å²) in [7, 11) is -2.42. The highest BCUT2D eigenvalue weighted by Crippen LogP contribution is 2.53. The van der Waals surface area contributed by atoms with Gasteiger partial charge in [0, 0.05) is 32.4 Å². The molecule has 0 aliphatic heterocycles. The normalized spacial score (nSPS) is 16.5. The standard InChI is InChI=1S/C27H45N4O8P/c1-4-38-40(37,39-5-2)26(34)22(11-12-24(32)31(3)18-15-20-13-16-28-17-14-20)29-25(33)23(30-27(35)36)19-21-9-7-6-8-10-21/h13-14,16-17,21-23,26,30,34H,4-12,15,18-19H2,1-3H3,(H,29,33)(H,35,36). The molecule has 0 bridgehead atoms. The number of pyridine rings is 1. The van der Waals surface area contributed by atoms with Crippen LogP contribution < -0.4 is 10.6 Å². The van der Waals surface area contributed by atoms with Gasteiger partial charge in [-0.15, -0.1) is 0 Å². The minimum atomic E-state index is -4.08. The van der Waals surface area contributed by atoms with Crippen LogP contribution in [0.1, 0.15) is 70.8 Å². The van der Waals surface area contributed by atoms with E-state index in [2.05, 4.69) is 15.6 Å². The number of carbonyl (C=O) groups is 3. The summed E-state index contributed by atoms with van der Waals surface area (Å²) in [4.78, 5) is 43.3. The van der Waals surface area contributed by atoms with E-state index in [9.17, 15) is 29.2 Å². The van der Waals surface area contributed by atoms with Crippen LogP contribution in [-0.2, 0) is 29.6 Å². The number of amides is 3. The van der Waals surface area contributed by atoms with Gasteiger partial charge in [-0.05, 0) is 56.7 Å². The Hall–Kier alpha value is -2.53. The molecular formula is C27H45N4O8P. The number of likely N-dealkylation sites (N-methyl/N-ethyl adjacent to an activating group) is 1. The van der Waals surface area contributed by atoms with Crippen LogP contribution in [0, 0.1) is 5.92 Å². The van der Waals surface area contributed by atoms with E-state index >= 15 is 0 Å². The monoisotopic (exact) mass is 584 g/mol. The van der Waals surface area contributed by atoms with E-state index in [1.807, 2.05) is 12.1 Å². The number of carboxylic acid groups (broad SMARTS) is 1. The van der Waals surface area contributed by atoms with Crippen molar-refractivity contribution in [3.05, 3.63) is 30.1 Å². The number of rotatable bonds is 17. The molecule has 0 radical (unpaired) electrons. The van der Waals surface area contributed by atoms with E-state index in [1.54, 1.807) is 38.2 Å². The van der Waals surface area contributed by atoms with Crippen LogP contribution in [0.2, 0.25) is 0 Å². The van der Waals surface area contributed by atoms with E-state index < -0.39 is 37.5 Å². The number of hydrogen-bond donors (Lipinski definition) is 4. The van der Waals surface area contributed by atoms with Gasteiger partial charge in [0.2, 0.25) is 11.8 Å². The van der Waals surface area contributed by atoms with Crippen molar-refractivity contribution >= 4 is 25.5 Å². The molecule has 1 fully saturated rings. The van der Waals surface area contributed by atoms with Crippen molar-refractivity contribution in [3.63, 3.8) is 0 Å². The topological polar surface area (TPSA) is 167 Å². The summed E-state index contributed by atoms with van der Waals surface area (Å²) in [6.07, 6.45) is 7.81. The van der Waals surface area contributed by atoms with Crippen molar-refractivity contribution in [3.8, 4) is 0 Å². The largest absolute Gasteiger partial charge is 0.465 e. The second-order valence-electron chi connectivity index (χ2n) is 10.1. The van der Waals surface area contributed by atoms with Gasteiger partial charge in [0.1, 0.15) is 6.04 Å². The van der Waals surface area contributed by atoms with Crippen LogP contribution in [0.3, 0.4) is 0 Å². The molecule has 3 amide bonds. The zero-order valence-corrected chi connectivity index (χ0v) is 24.7. The Bertz CT molecular complexity index is 967. The number of nitrogens with one attached hydrogen (secondary N) is 2. The first-order chi connectivity index (χ1) is 19.1. The Kier molecular flexibility index (Phi) is 14.6. The van der Waals surface area contributed by atoms with Gasteiger partial charge >= 0.3 is 13.7 Å². The minimum absolute atomic E-state index is 0.00342. The smallest absolute Gasteiger partial charge is 0.405 e. The first-order valence-electron chi connectivity index (χ1n) is 14.1. The van der Waals surface area contributed by atoms with Gasteiger partial charge in [-0.3, -0.25) is 19.1 Å². The summed E-state index contributed by atoms with van der Waals surface area (Å²) in [5.41, 5.74) is 1.03. The van der Waals surface area contributed by atoms with Crippen molar-refractivity contribution in [2.45, 2.75) is 89.6 Å². The van der Waals surface area contributed by atoms with E-state index in [1.165, 1.54) is 0 Å². The molecule has 4 N–H and O–H groups in total. The predicted octanol–water partition coefficient (Wildman–Crippen LogP) is 3.54. The number of aliphatic hydroxyl groups excluding tert-OH is 1. The maximum Gasteiger partial charge on any atom is 0.405 e. The van der Waals surface area contributed by atoms with Crippen LogP contribution in [0.15, 0.2) is 24.5 Å². The van der Waals surface area contributed by atoms with Gasteiger partial charge in [0.05, 0.1) is 19.3 Å². The van der Waals surface area contributed by atoms with Crippen molar-refractivity contribution in [1.82, 2.24) is 20.5 Å². The Balaban J connectivity index is 2.15. The summed E-state index contributed by atoms with van der Waals surface area (Å²) in [6.45, 7) is 3.65. The molecule has 1 heterocycles. The SMILES string of the molecule is CCOP(=O)(OCC)C(O)C(CCC(=O)N(C)CCc1ccncc1)NC(=O)C(CC1CCCCC1)NC(=O)O. The molecule has 3 atom stereocenters. The Morgan fingerprint density at radius 1 is 1.10 bits per heavy atom. The third kappa shape index (κ3) is 11.2. The molecular weight excluding hydrogens is 539 g/mol. The fourth-order valence-electron chi connectivity index (χ4n) is 4.93. The second-order valence-corrected chi connectivity index (χ2v) is 12.2. The molecule has 1 aromatic heterocycles. The summed E-state index contributed by atoms with van der Waals surface area (Å²) in [6, 6.07) is 1.49. The third-order valence-electron chi connectivity index (χ3n) is 7.12. The minimum Gasteiger partial charge on any atom is -0.465 e. The Morgan fingerprint density at radius 3 is 2.30 bits per heavy atom. The highest BCUT2D eigenvalue weighted by atomic mass is 31.2. The fraction of sp³-hybridized carbons (Fsp3) is 0.704. The Morgan fingerprint density at radius 2 is 1.73 bits per heavy atom. The quantitative estimate of drug-likeness (QED) is 0.200. The molecule has 1 aromatic rings. The van der Waals surface area contributed by atoms with Crippen LogP contribution in [0.5, 0.6) is 0 Å². The third-order valence-corrected chi connectivity index (χ3v) is 9.36.